The van der Waals surface area contributed by atoms with Crippen molar-refractivity contribution in [3.63, 3.8) is 0 Å². The Morgan fingerprint density at radius 3 is 2.75 bits per heavy atom. The summed E-state index contributed by atoms with van der Waals surface area (Å²) in [4.78, 5) is 6.56. The van der Waals surface area contributed by atoms with Crippen LogP contribution in [0.2, 0.25) is 0 Å². The minimum atomic E-state index is -0.184. The highest BCUT2D eigenvalue weighted by atomic mass is 19.1. The van der Waals surface area contributed by atoms with Gasteiger partial charge in [0.2, 0.25) is 0 Å². The molecular weight excluding hydrogens is 451 g/mol. The molecule has 0 bridgehead atoms. The van der Waals surface area contributed by atoms with Crippen molar-refractivity contribution in [3.05, 3.63) is 65.2 Å². The van der Waals surface area contributed by atoms with E-state index in [9.17, 15) is 0 Å². The van der Waals surface area contributed by atoms with Crippen LogP contribution in [0, 0.1) is 11.2 Å². The molecule has 194 valence electrons. The first-order chi connectivity index (χ1) is 17.2. The summed E-state index contributed by atoms with van der Waals surface area (Å²) < 4.78 is 15.2. The lowest BCUT2D eigenvalue weighted by molar-refractivity contribution is 0.221. The average Bonchev–Trinajstić information content (AvgIpc) is 3.25. The fourth-order valence-corrected chi connectivity index (χ4v) is 6.20. The lowest BCUT2D eigenvalue weighted by atomic mass is 9.80. The van der Waals surface area contributed by atoms with Crippen LogP contribution in [0.1, 0.15) is 31.7 Å². The molecule has 0 aromatic heterocycles. The minimum absolute atomic E-state index is 0.0258. The van der Waals surface area contributed by atoms with Gasteiger partial charge in [-0.15, -0.1) is 0 Å². The number of fused-ring (bicyclic) bond motifs is 1. The summed E-state index contributed by atoms with van der Waals surface area (Å²) in [6, 6.07) is 3.62. The number of piperidine rings is 1. The number of rotatable bonds is 5. The van der Waals surface area contributed by atoms with Crippen molar-refractivity contribution in [2.45, 2.75) is 38.3 Å². The van der Waals surface area contributed by atoms with Crippen LogP contribution < -0.4 is 21.3 Å². The van der Waals surface area contributed by atoms with Gasteiger partial charge in [-0.25, -0.2) is 4.39 Å². The number of allylic oxidation sites excluding steroid dienone is 2. The van der Waals surface area contributed by atoms with Crippen molar-refractivity contribution in [2.24, 2.45) is 11.1 Å². The molecule has 0 aliphatic carbocycles. The number of hydrogen-bond donors (Lipinski definition) is 3. The number of likely N-dealkylation sites (tertiary alicyclic amines) is 1. The maximum Gasteiger partial charge on any atom is 0.147 e. The van der Waals surface area contributed by atoms with Crippen molar-refractivity contribution in [2.75, 3.05) is 64.1 Å². The van der Waals surface area contributed by atoms with E-state index in [1.807, 2.05) is 32.0 Å². The molecule has 7 heteroatoms. The summed E-state index contributed by atoms with van der Waals surface area (Å²) in [5.41, 5.74) is 13.4. The molecule has 4 aliphatic heterocycles. The van der Waals surface area contributed by atoms with E-state index in [0.29, 0.717) is 11.1 Å². The quantitative estimate of drug-likeness (QED) is 0.582. The summed E-state index contributed by atoms with van der Waals surface area (Å²) in [5.74, 6) is -0.184. The number of anilines is 2. The van der Waals surface area contributed by atoms with Gasteiger partial charge in [0.1, 0.15) is 5.82 Å². The van der Waals surface area contributed by atoms with E-state index in [4.69, 9.17) is 5.73 Å². The molecule has 1 aromatic rings. The van der Waals surface area contributed by atoms with Gasteiger partial charge in [0.25, 0.3) is 0 Å². The van der Waals surface area contributed by atoms with E-state index in [1.54, 1.807) is 6.07 Å². The molecule has 4 aliphatic rings. The molecule has 1 spiro atoms. The van der Waals surface area contributed by atoms with Crippen molar-refractivity contribution < 1.29 is 4.39 Å². The van der Waals surface area contributed by atoms with E-state index in [0.717, 1.165) is 60.9 Å². The third-order valence-electron chi connectivity index (χ3n) is 8.38. The Bertz CT molecular complexity index is 1120. The van der Waals surface area contributed by atoms with E-state index in [1.165, 1.54) is 24.8 Å². The first-order valence-electron chi connectivity index (χ1n) is 13.2. The lowest BCUT2D eigenvalue weighted by Gasteiger charge is -2.38. The predicted molar refractivity (Wildman–Crippen MR) is 148 cm³/mol. The Balaban J connectivity index is 1.51. The molecule has 0 amide bonds. The van der Waals surface area contributed by atoms with Gasteiger partial charge < -0.3 is 31.1 Å². The normalized spacial score (nSPS) is 26.6. The van der Waals surface area contributed by atoms with Crippen LogP contribution in [0.25, 0.3) is 5.70 Å². The van der Waals surface area contributed by atoms with Crippen molar-refractivity contribution in [1.29, 1.82) is 0 Å². The molecule has 36 heavy (non-hydrogen) atoms. The number of halogens is 1. The molecule has 3 atom stereocenters. The molecule has 2 fully saturated rings. The molecule has 3 unspecified atom stereocenters. The molecule has 5 rings (SSSR count). The highest BCUT2D eigenvalue weighted by Crippen LogP contribution is 2.44. The Kier molecular flexibility index (Phi) is 6.64. The first-order valence-corrected chi connectivity index (χ1v) is 13.2. The number of likely N-dealkylation sites (N-methyl/N-ethyl adjacent to an activating group) is 1. The van der Waals surface area contributed by atoms with Crippen LogP contribution in [0.3, 0.4) is 0 Å². The summed E-state index contributed by atoms with van der Waals surface area (Å²) in [6.45, 7) is 11.2. The number of nitrogens with one attached hydrogen (secondary N) is 2. The molecule has 0 saturated carbocycles. The fourth-order valence-electron chi connectivity index (χ4n) is 6.20. The summed E-state index contributed by atoms with van der Waals surface area (Å²) in [5, 5.41) is 7.34. The topological polar surface area (TPSA) is 59.8 Å². The molecule has 4 N–H and O–H groups in total. The lowest BCUT2D eigenvalue weighted by Crippen LogP contribution is -2.42. The zero-order valence-corrected chi connectivity index (χ0v) is 22.2. The molecule has 0 radical (unpaired) electrons. The number of nitrogens with zero attached hydrogens (tertiary/aromatic N) is 3. The van der Waals surface area contributed by atoms with Gasteiger partial charge in [-0.3, -0.25) is 0 Å². The molecule has 4 heterocycles. The van der Waals surface area contributed by atoms with Crippen LogP contribution in [0.4, 0.5) is 15.8 Å². The summed E-state index contributed by atoms with van der Waals surface area (Å²) in [7, 11) is 5.87. The maximum atomic E-state index is 15.2. The van der Waals surface area contributed by atoms with Gasteiger partial charge in [0.05, 0.1) is 11.7 Å². The van der Waals surface area contributed by atoms with Crippen LogP contribution in [-0.2, 0) is 0 Å². The highest BCUT2D eigenvalue weighted by Gasteiger charge is 2.41. The third-order valence-corrected chi connectivity index (χ3v) is 8.38. The second kappa shape index (κ2) is 9.60. The minimum Gasteiger partial charge on any atom is -0.375 e. The van der Waals surface area contributed by atoms with Crippen molar-refractivity contribution in [1.82, 2.24) is 15.1 Å². The Morgan fingerprint density at radius 2 is 2.08 bits per heavy atom. The largest absolute Gasteiger partial charge is 0.375 e. The Labute approximate surface area is 215 Å². The average molecular weight is 493 g/mol. The third kappa shape index (κ3) is 4.55. The SMILES string of the molecule is C=C(C1=CC=C(C2C=C(N3CCC4(CCCNC4)C3)c3cc(F)c(N(C)C)cc3N2)CN1C)C(C)N. The van der Waals surface area contributed by atoms with Crippen LogP contribution in [0.5, 0.6) is 0 Å². The van der Waals surface area contributed by atoms with Crippen LogP contribution in [-0.4, -0.2) is 75.8 Å². The van der Waals surface area contributed by atoms with Gasteiger partial charge in [-0.2, -0.15) is 0 Å². The monoisotopic (exact) mass is 492 g/mol. The number of hydrogen-bond acceptors (Lipinski definition) is 6. The van der Waals surface area contributed by atoms with Gasteiger partial charge in [-0.05, 0) is 68.2 Å². The van der Waals surface area contributed by atoms with Gasteiger partial charge >= 0.3 is 0 Å². The van der Waals surface area contributed by atoms with E-state index in [-0.39, 0.29) is 17.9 Å². The van der Waals surface area contributed by atoms with E-state index >= 15 is 4.39 Å². The van der Waals surface area contributed by atoms with Crippen LogP contribution in [0.15, 0.2) is 53.8 Å². The smallest absolute Gasteiger partial charge is 0.147 e. The number of nitrogens with two attached hydrogens (primary N) is 1. The van der Waals surface area contributed by atoms with E-state index in [2.05, 4.69) is 52.3 Å². The standard InChI is InChI=1S/C29H41FN6/c1-19(20(2)31)26-8-7-21(16-35(26)5)24-14-27(36-12-10-29(18-36)9-6-11-32-17-29)22-13-23(30)28(34(3)4)15-25(22)33-24/h7-8,13-15,20,24,32-33H,1,6,9-12,16-18,31H2,2-5H3. The Hall–Kier alpha value is -2.77. The van der Waals surface area contributed by atoms with Crippen molar-refractivity contribution >= 4 is 17.1 Å². The van der Waals surface area contributed by atoms with Gasteiger partial charge in [0, 0.05) is 81.4 Å². The Morgan fingerprint density at radius 1 is 1.28 bits per heavy atom. The van der Waals surface area contributed by atoms with Crippen LogP contribution >= 0.6 is 0 Å². The second-order valence-corrected chi connectivity index (χ2v) is 11.3. The maximum absolute atomic E-state index is 15.2. The molecular formula is C29H41FN6. The summed E-state index contributed by atoms with van der Waals surface area (Å²) in [6.07, 6.45) is 10.3. The molecule has 2 saturated heterocycles. The first kappa shape index (κ1) is 24.9. The summed E-state index contributed by atoms with van der Waals surface area (Å²) >= 11 is 0. The van der Waals surface area contributed by atoms with E-state index < -0.39 is 0 Å². The molecule has 1 aromatic carbocycles. The van der Waals surface area contributed by atoms with Gasteiger partial charge in [0.15, 0.2) is 0 Å². The number of benzene rings is 1. The fraction of sp³-hybridized carbons (Fsp3) is 0.517. The van der Waals surface area contributed by atoms with Crippen molar-refractivity contribution in [3.8, 4) is 0 Å². The zero-order valence-electron chi connectivity index (χ0n) is 22.2. The predicted octanol–water partition coefficient (Wildman–Crippen LogP) is 3.76. The van der Waals surface area contributed by atoms with Gasteiger partial charge in [-0.1, -0.05) is 12.7 Å². The molecule has 6 nitrogen and oxygen atoms in total. The second-order valence-electron chi connectivity index (χ2n) is 11.3. The highest BCUT2D eigenvalue weighted by molar-refractivity contribution is 5.83. The zero-order chi connectivity index (χ0) is 25.6.